The Labute approximate surface area is 122 Å². The van der Waals surface area contributed by atoms with Gasteiger partial charge in [-0.05, 0) is 18.9 Å². The van der Waals surface area contributed by atoms with Crippen molar-refractivity contribution in [3.8, 4) is 0 Å². The average molecular weight is 302 g/mol. The number of rotatable bonds is 6. The van der Waals surface area contributed by atoms with E-state index in [1.807, 2.05) is 31.2 Å². The van der Waals surface area contributed by atoms with Crippen LogP contribution in [0.15, 0.2) is 24.3 Å². The van der Waals surface area contributed by atoms with Crippen molar-refractivity contribution in [3.05, 3.63) is 35.4 Å². The van der Waals surface area contributed by atoms with Crippen LogP contribution in [-0.4, -0.2) is 36.6 Å². The lowest BCUT2D eigenvalue weighted by Crippen LogP contribution is -2.44. The molecule has 0 heterocycles. The lowest BCUT2D eigenvalue weighted by molar-refractivity contribution is -0.163. The van der Waals surface area contributed by atoms with Crippen molar-refractivity contribution >= 4 is 5.91 Å². The van der Waals surface area contributed by atoms with Gasteiger partial charge in [-0.1, -0.05) is 36.8 Å². The van der Waals surface area contributed by atoms with E-state index in [4.69, 9.17) is 5.73 Å². The number of aryl methyl sites for hydroxylation is 1. The van der Waals surface area contributed by atoms with Crippen LogP contribution >= 0.6 is 0 Å². The minimum absolute atomic E-state index is 0.0335. The molecule has 118 valence electrons. The van der Waals surface area contributed by atoms with Crippen LogP contribution < -0.4 is 5.73 Å². The largest absolute Gasteiger partial charge is 0.406 e. The van der Waals surface area contributed by atoms with Crippen LogP contribution in [-0.2, 0) is 11.2 Å². The maximum Gasteiger partial charge on any atom is 0.406 e. The second-order valence-corrected chi connectivity index (χ2v) is 5.25. The van der Waals surface area contributed by atoms with E-state index in [-0.39, 0.29) is 13.1 Å². The summed E-state index contributed by atoms with van der Waals surface area (Å²) in [6, 6.07) is 7.51. The molecule has 21 heavy (non-hydrogen) atoms. The molecule has 0 saturated carbocycles. The SMILES string of the molecule is Cc1ccc(CCN(CC(F)(F)F)C(=O)C(C)CN)cc1. The minimum atomic E-state index is -4.41. The molecule has 0 radical (unpaired) electrons. The third kappa shape index (κ3) is 6.16. The highest BCUT2D eigenvalue weighted by atomic mass is 19.4. The number of carbonyl (C=O) groups is 1. The molecule has 1 aromatic rings. The van der Waals surface area contributed by atoms with Crippen molar-refractivity contribution in [1.29, 1.82) is 0 Å². The second-order valence-electron chi connectivity index (χ2n) is 5.25. The Kier molecular flexibility index (Phi) is 6.20. The molecule has 0 aliphatic carbocycles. The third-order valence-electron chi connectivity index (χ3n) is 3.25. The maximum absolute atomic E-state index is 12.6. The van der Waals surface area contributed by atoms with E-state index in [0.29, 0.717) is 6.42 Å². The molecule has 0 saturated heterocycles. The molecule has 1 aromatic carbocycles. The highest BCUT2D eigenvalue weighted by molar-refractivity contribution is 5.78. The third-order valence-corrected chi connectivity index (χ3v) is 3.25. The van der Waals surface area contributed by atoms with Gasteiger partial charge in [-0.2, -0.15) is 13.2 Å². The van der Waals surface area contributed by atoms with Crippen molar-refractivity contribution < 1.29 is 18.0 Å². The van der Waals surface area contributed by atoms with Crippen molar-refractivity contribution in [2.45, 2.75) is 26.4 Å². The summed E-state index contributed by atoms with van der Waals surface area (Å²) in [5.41, 5.74) is 7.36. The quantitative estimate of drug-likeness (QED) is 0.877. The normalized spacial score (nSPS) is 13.0. The van der Waals surface area contributed by atoms with Gasteiger partial charge in [0.25, 0.3) is 0 Å². The van der Waals surface area contributed by atoms with Gasteiger partial charge in [0.2, 0.25) is 5.91 Å². The highest BCUT2D eigenvalue weighted by Crippen LogP contribution is 2.18. The zero-order valence-corrected chi connectivity index (χ0v) is 12.3. The van der Waals surface area contributed by atoms with E-state index in [1.54, 1.807) is 0 Å². The Balaban J connectivity index is 2.72. The van der Waals surface area contributed by atoms with Gasteiger partial charge in [-0.25, -0.2) is 0 Å². The molecule has 3 nitrogen and oxygen atoms in total. The lowest BCUT2D eigenvalue weighted by Gasteiger charge is -2.26. The number of carbonyl (C=O) groups excluding carboxylic acids is 1. The standard InChI is InChI=1S/C15H21F3N2O/c1-11-3-5-13(6-4-11)7-8-20(10-15(16,17)18)14(21)12(2)9-19/h3-6,12H,7-10,19H2,1-2H3. The predicted molar refractivity (Wildman–Crippen MR) is 75.7 cm³/mol. The average Bonchev–Trinajstić information content (AvgIpc) is 2.42. The summed E-state index contributed by atoms with van der Waals surface area (Å²) in [6.45, 7) is 2.31. The van der Waals surface area contributed by atoms with Gasteiger partial charge in [-0.15, -0.1) is 0 Å². The molecule has 0 aliphatic heterocycles. The number of benzene rings is 1. The molecular formula is C15H21F3N2O. The molecule has 2 N–H and O–H groups in total. The summed E-state index contributed by atoms with van der Waals surface area (Å²) in [6.07, 6.45) is -4.02. The van der Waals surface area contributed by atoms with Gasteiger partial charge in [0.05, 0.1) is 0 Å². The number of hydrogen-bond donors (Lipinski definition) is 1. The van der Waals surface area contributed by atoms with Gasteiger partial charge in [0.15, 0.2) is 0 Å². The second kappa shape index (κ2) is 7.45. The number of halogens is 3. The first-order chi connectivity index (χ1) is 9.73. The first-order valence-corrected chi connectivity index (χ1v) is 6.84. The fourth-order valence-corrected chi connectivity index (χ4v) is 1.91. The Morgan fingerprint density at radius 3 is 2.33 bits per heavy atom. The van der Waals surface area contributed by atoms with Crippen LogP contribution in [0, 0.1) is 12.8 Å². The summed E-state index contributed by atoms with van der Waals surface area (Å²) < 4.78 is 37.8. The number of nitrogens with zero attached hydrogens (tertiary/aromatic N) is 1. The van der Waals surface area contributed by atoms with E-state index in [9.17, 15) is 18.0 Å². The monoisotopic (exact) mass is 302 g/mol. The highest BCUT2D eigenvalue weighted by Gasteiger charge is 2.33. The molecule has 0 bridgehead atoms. The molecule has 1 amide bonds. The molecule has 1 unspecified atom stereocenters. The molecule has 1 rings (SSSR count). The maximum atomic E-state index is 12.6. The smallest absolute Gasteiger partial charge is 0.333 e. The van der Waals surface area contributed by atoms with E-state index in [2.05, 4.69) is 0 Å². The molecule has 0 spiro atoms. The van der Waals surface area contributed by atoms with E-state index in [0.717, 1.165) is 16.0 Å². The summed E-state index contributed by atoms with van der Waals surface area (Å²) >= 11 is 0. The Morgan fingerprint density at radius 2 is 1.86 bits per heavy atom. The van der Waals surface area contributed by atoms with Gasteiger partial charge in [0.1, 0.15) is 6.54 Å². The van der Waals surface area contributed by atoms with Gasteiger partial charge in [-0.3, -0.25) is 4.79 Å². The first-order valence-electron chi connectivity index (χ1n) is 6.84. The van der Waals surface area contributed by atoms with Crippen molar-refractivity contribution in [3.63, 3.8) is 0 Å². The molecule has 6 heteroatoms. The number of hydrogen-bond acceptors (Lipinski definition) is 2. The Hall–Kier alpha value is -1.56. The summed E-state index contributed by atoms with van der Waals surface area (Å²) in [5.74, 6) is -1.16. The van der Waals surface area contributed by atoms with Crippen LogP contribution in [0.3, 0.4) is 0 Å². The topological polar surface area (TPSA) is 46.3 Å². The fraction of sp³-hybridized carbons (Fsp3) is 0.533. The number of amides is 1. The fourth-order valence-electron chi connectivity index (χ4n) is 1.91. The van der Waals surface area contributed by atoms with Crippen LogP contribution in [0.1, 0.15) is 18.1 Å². The van der Waals surface area contributed by atoms with Crippen molar-refractivity contribution in [2.24, 2.45) is 11.7 Å². The molecule has 0 aliphatic rings. The summed E-state index contributed by atoms with van der Waals surface area (Å²) in [4.78, 5) is 12.8. The van der Waals surface area contributed by atoms with Gasteiger partial charge in [0, 0.05) is 19.0 Å². The van der Waals surface area contributed by atoms with Crippen LogP contribution in [0.4, 0.5) is 13.2 Å². The molecule has 0 fully saturated rings. The molecule has 1 atom stereocenters. The summed E-state index contributed by atoms with van der Waals surface area (Å²) in [7, 11) is 0. The van der Waals surface area contributed by atoms with Crippen molar-refractivity contribution in [2.75, 3.05) is 19.6 Å². The lowest BCUT2D eigenvalue weighted by atomic mass is 10.1. The molecular weight excluding hydrogens is 281 g/mol. The van der Waals surface area contributed by atoms with E-state index < -0.39 is 24.5 Å². The van der Waals surface area contributed by atoms with Crippen molar-refractivity contribution in [1.82, 2.24) is 4.90 Å². The molecule has 0 aromatic heterocycles. The van der Waals surface area contributed by atoms with Gasteiger partial charge >= 0.3 is 6.18 Å². The number of nitrogens with two attached hydrogens (primary N) is 1. The Bertz CT molecular complexity index is 457. The minimum Gasteiger partial charge on any atom is -0.333 e. The van der Waals surface area contributed by atoms with E-state index in [1.165, 1.54) is 6.92 Å². The zero-order valence-electron chi connectivity index (χ0n) is 12.3. The summed E-state index contributed by atoms with van der Waals surface area (Å²) in [5, 5.41) is 0. The van der Waals surface area contributed by atoms with Crippen LogP contribution in [0.2, 0.25) is 0 Å². The van der Waals surface area contributed by atoms with E-state index >= 15 is 0 Å². The van der Waals surface area contributed by atoms with Crippen LogP contribution in [0.5, 0.6) is 0 Å². The first kappa shape index (κ1) is 17.5. The zero-order chi connectivity index (χ0) is 16.0. The predicted octanol–water partition coefficient (Wildman–Crippen LogP) is 2.52. The van der Waals surface area contributed by atoms with Gasteiger partial charge < -0.3 is 10.6 Å². The van der Waals surface area contributed by atoms with Crippen LogP contribution in [0.25, 0.3) is 0 Å². The Morgan fingerprint density at radius 1 is 1.29 bits per heavy atom. The number of alkyl halides is 3.